The van der Waals surface area contributed by atoms with Crippen molar-refractivity contribution in [2.24, 2.45) is 0 Å². The van der Waals surface area contributed by atoms with Crippen molar-refractivity contribution in [3.8, 4) is 0 Å². The molecule has 1 atom stereocenters. The van der Waals surface area contributed by atoms with Gasteiger partial charge < -0.3 is 10.2 Å². The number of nitrogens with one attached hydrogen (secondary N) is 1. The fourth-order valence-corrected chi connectivity index (χ4v) is 4.71. The SMILES string of the molecule is CCCCNC(=O)[C@@H](C)N(Cc1ccc(Cl)c(Cl)c1)C(=O)CSCc1ccc(Cl)cc1Cl. The Hall–Kier alpha value is -1.11. The molecule has 4 nitrogen and oxygen atoms in total. The zero-order valence-corrected chi connectivity index (χ0v) is 21.8. The summed E-state index contributed by atoms with van der Waals surface area (Å²) in [5.41, 5.74) is 1.70. The molecule has 0 bridgehead atoms. The van der Waals surface area contributed by atoms with Crippen LogP contribution in [-0.4, -0.2) is 35.1 Å². The average Bonchev–Trinajstić information content (AvgIpc) is 2.75. The molecule has 174 valence electrons. The Morgan fingerprint density at radius 2 is 1.78 bits per heavy atom. The summed E-state index contributed by atoms with van der Waals surface area (Å²) >= 11 is 25.8. The van der Waals surface area contributed by atoms with E-state index in [1.54, 1.807) is 42.2 Å². The maximum atomic E-state index is 13.1. The van der Waals surface area contributed by atoms with Gasteiger partial charge in [0, 0.05) is 28.9 Å². The lowest BCUT2D eigenvalue weighted by atomic mass is 10.1. The Morgan fingerprint density at radius 3 is 2.44 bits per heavy atom. The minimum Gasteiger partial charge on any atom is -0.354 e. The largest absolute Gasteiger partial charge is 0.354 e. The summed E-state index contributed by atoms with van der Waals surface area (Å²) in [6.45, 7) is 4.62. The molecule has 2 rings (SSSR count). The number of rotatable bonds is 11. The second-order valence-corrected chi connectivity index (χ2v) is 9.96. The van der Waals surface area contributed by atoms with Crippen molar-refractivity contribution < 1.29 is 9.59 Å². The number of amides is 2. The topological polar surface area (TPSA) is 49.4 Å². The van der Waals surface area contributed by atoms with Crippen LogP contribution in [0.2, 0.25) is 20.1 Å². The molecule has 0 spiro atoms. The monoisotopic (exact) mass is 534 g/mol. The number of hydrogen-bond acceptors (Lipinski definition) is 3. The molecular weight excluding hydrogens is 510 g/mol. The number of hydrogen-bond donors (Lipinski definition) is 1. The Bertz CT molecular complexity index is 942. The lowest BCUT2D eigenvalue weighted by Gasteiger charge is -2.29. The van der Waals surface area contributed by atoms with E-state index in [1.807, 2.05) is 6.07 Å². The average molecular weight is 536 g/mol. The van der Waals surface area contributed by atoms with Gasteiger partial charge in [-0.25, -0.2) is 0 Å². The Balaban J connectivity index is 2.09. The predicted octanol–water partition coefficient (Wildman–Crippen LogP) is 6.87. The molecule has 0 saturated heterocycles. The van der Waals surface area contributed by atoms with E-state index in [1.165, 1.54) is 11.8 Å². The zero-order valence-electron chi connectivity index (χ0n) is 18.0. The van der Waals surface area contributed by atoms with E-state index < -0.39 is 6.04 Å². The Labute approximate surface area is 213 Å². The first kappa shape index (κ1) is 27.1. The van der Waals surface area contributed by atoms with Crippen LogP contribution in [-0.2, 0) is 21.9 Å². The molecule has 0 saturated carbocycles. The van der Waals surface area contributed by atoms with E-state index in [0.717, 1.165) is 24.0 Å². The number of carbonyl (C=O) groups excluding carboxylic acids is 2. The van der Waals surface area contributed by atoms with Gasteiger partial charge in [-0.2, -0.15) is 0 Å². The number of benzene rings is 2. The molecule has 32 heavy (non-hydrogen) atoms. The highest BCUT2D eigenvalue weighted by atomic mass is 35.5. The lowest BCUT2D eigenvalue weighted by molar-refractivity contribution is -0.138. The van der Waals surface area contributed by atoms with Gasteiger partial charge in [-0.3, -0.25) is 9.59 Å². The van der Waals surface area contributed by atoms with Gasteiger partial charge in [0.25, 0.3) is 0 Å². The van der Waals surface area contributed by atoms with Crippen LogP contribution in [0, 0.1) is 0 Å². The van der Waals surface area contributed by atoms with Crippen LogP contribution >= 0.6 is 58.2 Å². The first-order valence-corrected chi connectivity index (χ1v) is 12.9. The van der Waals surface area contributed by atoms with E-state index in [9.17, 15) is 9.59 Å². The Kier molecular flexibility index (Phi) is 11.5. The molecule has 9 heteroatoms. The van der Waals surface area contributed by atoms with Gasteiger partial charge in [0.15, 0.2) is 0 Å². The number of unbranched alkanes of at least 4 members (excludes halogenated alkanes) is 1. The fraction of sp³-hybridized carbons (Fsp3) is 0.391. The number of carbonyl (C=O) groups is 2. The van der Waals surface area contributed by atoms with Gasteiger partial charge in [0.2, 0.25) is 11.8 Å². The molecular formula is C23H26Cl4N2O2S. The van der Waals surface area contributed by atoms with Gasteiger partial charge in [-0.05, 0) is 48.7 Å². The molecule has 0 radical (unpaired) electrons. The second-order valence-electron chi connectivity index (χ2n) is 7.32. The summed E-state index contributed by atoms with van der Waals surface area (Å²) in [5, 5.41) is 4.88. The molecule has 0 aliphatic heterocycles. The van der Waals surface area contributed by atoms with Crippen LogP contribution < -0.4 is 5.32 Å². The molecule has 2 aromatic carbocycles. The maximum Gasteiger partial charge on any atom is 0.242 e. The van der Waals surface area contributed by atoms with E-state index >= 15 is 0 Å². The van der Waals surface area contributed by atoms with Crippen molar-refractivity contribution in [3.05, 3.63) is 67.6 Å². The quantitative estimate of drug-likeness (QED) is 0.319. The molecule has 1 N–H and O–H groups in total. The second kappa shape index (κ2) is 13.6. The van der Waals surface area contributed by atoms with Gasteiger partial charge in [0.1, 0.15) is 6.04 Å². The van der Waals surface area contributed by atoms with Gasteiger partial charge in [0.05, 0.1) is 15.8 Å². The van der Waals surface area contributed by atoms with Crippen LogP contribution in [0.3, 0.4) is 0 Å². The van der Waals surface area contributed by atoms with Crippen molar-refractivity contribution in [2.45, 2.75) is 45.0 Å². The van der Waals surface area contributed by atoms with E-state index in [0.29, 0.717) is 32.4 Å². The molecule has 0 unspecified atom stereocenters. The lowest BCUT2D eigenvalue weighted by Crippen LogP contribution is -2.48. The fourth-order valence-electron chi connectivity index (χ4n) is 2.92. The summed E-state index contributed by atoms with van der Waals surface area (Å²) in [5.74, 6) is 0.425. The third-order valence-electron chi connectivity index (χ3n) is 4.83. The summed E-state index contributed by atoms with van der Waals surface area (Å²) < 4.78 is 0. The first-order valence-electron chi connectivity index (χ1n) is 10.3. The van der Waals surface area contributed by atoms with Crippen molar-refractivity contribution in [1.29, 1.82) is 0 Å². The van der Waals surface area contributed by atoms with Gasteiger partial charge in [-0.15, -0.1) is 11.8 Å². The molecule has 0 aliphatic rings. The van der Waals surface area contributed by atoms with E-state index in [4.69, 9.17) is 46.4 Å². The zero-order chi connectivity index (χ0) is 23.7. The van der Waals surface area contributed by atoms with Crippen LogP contribution in [0.4, 0.5) is 0 Å². The number of nitrogens with zero attached hydrogens (tertiary/aromatic N) is 1. The summed E-state index contributed by atoms with van der Waals surface area (Å²) in [6.07, 6.45) is 1.86. The van der Waals surface area contributed by atoms with Crippen LogP contribution in [0.25, 0.3) is 0 Å². The van der Waals surface area contributed by atoms with Crippen LogP contribution in [0.5, 0.6) is 0 Å². The summed E-state index contributed by atoms with van der Waals surface area (Å²) in [4.78, 5) is 27.3. The molecule has 0 aromatic heterocycles. The molecule has 0 heterocycles. The molecule has 2 amide bonds. The van der Waals surface area contributed by atoms with Crippen molar-refractivity contribution >= 4 is 70.0 Å². The van der Waals surface area contributed by atoms with Gasteiger partial charge >= 0.3 is 0 Å². The smallest absolute Gasteiger partial charge is 0.242 e. The van der Waals surface area contributed by atoms with Gasteiger partial charge in [-0.1, -0.05) is 71.9 Å². The third kappa shape index (κ3) is 8.35. The van der Waals surface area contributed by atoms with Crippen molar-refractivity contribution in [1.82, 2.24) is 10.2 Å². The summed E-state index contributed by atoms with van der Waals surface area (Å²) in [6, 6.07) is 9.87. The number of thioether (sulfide) groups is 1. The van der Waals surface area contributed by atoms with Crippen LogP contribution in [0.1, 0.15) is 37.8 Å². The van der Waals surface area contributed by atoms with Crippen molar-refractivity contribution in [3.63, 3.8) is 0 Å². The highest BCUT2D eigenvalue weighted by molar-refractivity contribution is 7.99. The molecule has 0 aliphatic carbocycles. The predicted molar refractivity (Wildman–Crippen MR) is 137 cm³/mol. The first-order chi connectivity index (χ1) is 15.2. The minimum atomic E-state index is -0.631. The summed E-state index contributed by atoms with van der Waals surface area (Å²) in [7, 11) is 0. The van der Waals surface area contributed by atoms with Crippen LogP contribution in [0.15, 0.2) is 36.4 Å². The molecule has 0 fully saturated rings. The molecule has 2 aromatic rings. The third-order valence-corrected chi connectivity index (χ3v) is 7.12. The number of halogens is 4. The highest BCUT2D eigenvalue weighted by Crippen LogP contribution is 2.26. The minimum absolute atomic E-state index is 0.149. The normalized spacial score (nSPS) is 11.8. The maximum absolute atomic E-state index is 13.1. The Morgan fingerprint density at radius 1 is 1.03 bits per heavy atom. The van der Waals surface area contributed by atoms with Crippen molar-refractivity contribution in [2.75, 3.05) is 12.3 Å². The van der Waals surface area contributed by atoms with E-state index in [-0.39, 0.29) is 24.1 Å². The standard InChI is InChI=1S/C23H26Cl4N2O2S/c1-3-4-9-28-23(31)15(2)29(12-16-5-8-19(25)21(27)10-16)22(30)14-32-13-17-6-7-18(24)11-20(17)26/h5-8,10-11,15H,3-4,9,12-14H2,1-2H3,(H,28,31)/t15-/m1/s1. The highest BCUT2D eigenvalue weighted by Gasteiger charge is 2.26. The van der Waals surface area contributed by atoms with E-state index in [2.05, 4.69) is 12.2 Å².